The molecule has 19 heavy (non-hydrogen) atoms. The van der Waals surface area contributed by atoms with Crippen molar-refractivity contribution in [2.45, 2.75) is 0 Å². The Balaban J connectivity index is 2.42. The third kappa shape index (κ3) is 3.43. The number of thiocarbonyl (C=S) groups is 1. The summed E-state index contributed by atoms with van der Waals surface area (Å²) in [6.07, 6.45) is 0. The minimum atomic E-state index is -0.361. The van der Waals surface area contributed by atoms with Gasteiger partial charge in [0, 0.05) is 11.1 Å². The Labute approximate surface area is 128 Å². The van der Waals surface area contributed by atoms with Gasteiger partial charge in [0.2, 0.25) is 0 Å². The number of ether oxygens (including phenoxy) is 1. The summed E-state index contributed by atoms with van der Waals surface area (Å²) in [7, 11) is 0. The largest absolute Gasteiger partial charge is 0.455 e. The van der Waals surface area contributed by atoms with Crippen molar-refractivity contribution in [2.75, 3.05) is 0 Å². The first-order valence-corrected chi connectivity index (χ1v) is 6.77. The zero-order valence-corrected chi connectivity index (χ0v) is 12.7. The third-order valence-corrected chi connectivity index (χ3v) is 3.40. The van der Waals surface area contributed by atoms with Crippen LogP contribution in [0.1, 0.15) is 5.56 Å². The van der Waals surface area contributed by atoms with E-state index in [0.717, 1.165) is 0 Å². The van der Waals surface area contributed by atoms with Gasteiger partial charge in [0.05, 0.1) is 10.0 Å². The molecule has 2 aromatic carbocycles. The third-order valence-electron chi connectivity index (χ3n) is 2.32. The summed E-state index contributed by atoms with van der Waals surface area (Å²) < 4.78 is 19.2. The Kier molecular flexibility index (Phi) is 4.39. The predicted octanol–water partition coefficient (Wildman–Crippen LogP) is 4.67. The van der Waals surface area contributed by atoms with Crippen LogP contribution in [0.4, 0.5) is 4.39 Å². The lowest BCUT2D eigenvalue weighted by molar-refractivity contribution is 0.476. The van der Waals surface area contributed by atoms with Gasteiger partial charge in [-0.15, -0.1) is 0 Å². The maximum absolute atomic E-state index is 13.0. The fraction of sp³-hybridized carbons (Fsp3) is 0. The van der Waals surface area contributed by atoms with Gasteiger partial charge in [-0.1, -0.05) is 23.8 Å². The maximum atomic E-state index is 13.0. The average molecular weight is 361 g/mol. The molecule has 2 nitrogen and oxygen atoms in total. The number of benzene rings is 2. The number of nitrogens with two attached hydrogens (primary N) is 1. The van der Waals surface area contributed by atoms with Crippen LogP contribution in [0.5, 0.6) is 11.5 Å². The molecule has 2 aromatic rings. The van der Waals surface area contributed by atoms with E-state index in [2.05, 4.69) is 15.9 Å². The number of hydrogen-bond donors (Lipinski definition) is 1. The van der Waals surface area contributed by atoms with Crippen molar-refractivity contribution in [1.82, 2.24) is 0 Å². The summed E-state index contributed by atoms with van der Waals surface area (Å²) in [6, 6.07) is 9.06. The summed E-state index contributed by atoms with van der Waals surface area (Å²) in [4.78, 5) is 0.199. The summed E-state index contributed by atoms with van der Waals surface area (Å²) in [6.45, 7) is 0. The molecule has 0 heterocycles. The van der Waals surface area contributed by atoms with E-state index >= 15 is 0 Å². The molecular formula is C13H8BrClFNOS. The highest BCUT2D eigenvalue weighted by Crippen LogP contribution is 2.33. The Morgan fingerprint density at radius 1 is 1.21 bits per heavy atom. The first kappa shape index (κ1) is 14.2. The van der Waals surface area contributed by atoms with E-state index in [1.54, 1.807) is 18.2 Å². The van der Waals surface area contributed by atoms with Crippen LogP contribution < -0.4 is 10.5 Å². The van der Waals surface area contributed by atoms with Gasteiger partial charge < -0.3 is 10.5 Å². The van der Waals surface area contributed by atoms with E-state index in [9.17, 15) is 4.39 Å². The lowest BCUT2D eigenvalue weighted by atomic mass is 10.2. The van der Waals surface area contributed by atoms with Crippen LogP contribution in [0.15, 0.2) is 40.9 Å². The lowest BCUT2D eigenvalue weighted by Gasteiger charge is -2.12. The van der Waals surface area contributed by atoms with Gasteiger partial charge in [0.25, 0.3) is 0 Å². The molecule has 0 radical (unpaired) electrons. The molecule has 0 atom stereocenters. The van der Waals surface area contributed by atoms with Crippen LogP contribution >= 0.6 is 39.7 Å². The molecular weight excluding hydrogens is 353 g/mol. The van der Waals surface area contributed by atoms with Crippen molar-refractivity contribution < 1.29 is 9.13 Å². The normalized spacial score (nSPS) is 10.3. The second-order valence-corrected chi connectivity index (χ2v) is 5.41. The number of hydrogen-bond acceptors (Lipinski definition) is 2. The molecule has 2 rings (SSSR count). The minimum Gasteiger partial charge on any atom is -0.455 e. The minimum absolute atomic E-state index is 0.199. The molecule has 0 fully saturated rings. The zero-order valence-electron chi connectivity index (χ0n) is 9.49. The maximum Gasteiger partial charge on any atom is 0.141 e. The van der Waals surface area contributed by atoms with Gasteiger partial charge >= 0.3 is 0 Å². The lowest BCUT2D eigenvalue weighted by Crippen LogP contribution is -2.10. The molecule has 0 bridgehead atoms. The topological polar surface area (TPSA) is 35.2 Å². The van der Waals surface area contributed by atoms with E-state index < -0.39 is 0 Å². The van der Waals surface area contributed by atoms with Crippen molar-refractivity contribution in [1.29, 1.82) is 0 Å². The SMILES string of the molecule is NC(=S)c1ccc(Cl)cc1Oc1ccc(F)cc1Br. The van der Waals surface area contributed by atoms with Crippen molar-refractivity contribution in [3.8, 4) is 11.5 Å². The quantitative estimate of drug-likeness (QED) is 0.808. The van der Waals surface area contributed by atoms with Gasteiger partial charge in [0.15, 0.2) is 0 Å². The Morgan fingerprint density at radius 2 is 1.95 bits per heavy atom. The molecule has 0 unspecified atom stereocenters. The number of halogens is 3. The zero-order chi connectivity index (χ0) is 14.0. The van der Waals surface area contributed by atoms with Gasteiger partial charge in [0.1, 0.15) is 22.3 Å². The Hall–Kier alpha value is -1.17. The van der Waals surface area contributed by atoms with Crippen LogP contribution in [0.25, 0.3) is 0 Å². The number of rotatable bonds is 3. The van der Waals surface area contributed by atoms with Gasteiger partial charge in [-0.3, -0.25) is 0 Å². The smallest absolute Gasteiger partial charge is 0.141 e. The summed E-state index contributed by atoms with van der Waals surface area (Å²) in [5, 5.41) is 0.494. The van der Waals surface area contributed by atoms with Crippen molar-refractivity contribution in [3.63, 3.8) is 0 Å². The van der Waals surface area contributed by atoms with Crippen molar-refractivity contribution in [2.24, 2.45) is 5.73 Å². The highest BCUT2D eigenvalue weighted by molar-refractivity contribution is 9.10. The van der Waals surface area contributed by atoms with E-state index in [0.29, 0.717) is 26.6 Å². The molecule has 0 aliphatic carbocycles. The van der Waals surface area contributed by atoms with Gasteiger partial charge in [-0.2, -0.15) is 0 Å². The molecule has 0 aliphatic rings. The van der Waals surface area contributed by atoms with Crippen LogP contribution in [-0.2, 0) is 0 Å². The standard InChI is InChI=1S/C13H8BrClFNOS/c14-10-6-8(16)2-4-11(10)18-12-5-7(15)1-3-9(12)13(17)19/h1-6H,(H2,17,19). The second-order valence-electron chi connectivity index (χ2n) is 3.68. The molecule has 0 aliphatic heterocycles. The van der Waals surface area contributed by atoms with Gasteiger partial charge in [-0.25, -0.2) is 4.39 Å². The molecule has 98 valence electrons. The Morgan fingerprint density at radius 3 is 2.58 bits per heavy atom. The van der Waals surface area contributed by atoms with Crippen LogP contribution in [-0.4, -0.2) is 4.99 Å². The molecule has 0 spiro atoms. The summed E-state index contributed by atoms with van der Waals surface area (Å²) in [5.41, 5.74) is 6.18. The summed E-state index contributed by atoms with van der Waals surface area (Å²) in [5.74, 6) is 0.508. The fourth-order valence-corrected chi connectivity index (χ4v) is 2.22. The van der Waals surface area contributed by atoms with Crippen molar-refractivity contribution >= 4 is 44.7 Å². The summed E-state index contributed by atoms with van der Waals surface area (Å²) >= 11 is 14.1. The van der Waals surface area contributed by atoms with Gasteiger partial charge in [-0.05, 0) is 46.3 Å². The van der Waals surface area contributed by atoms with Crippen LogP contribution in [0, 0.1) is 5.82 Å². The first-order chi connectivity index (χ1) is 8.97. The fourth-order valence-electron chi connectivity index (χ4n) is 1.46. The first-order valence-electron chi connectivity index (χ1n) is 5.19. The van der Waals surface area contributed by atoms with E-state index in [1.807, 2.05) is 0 Å². The van der Waals surface area contributed by atoms with E-state index in [-0.39, 0.29) is 10.8 Å². The molecule has 0 saturated heterocycles. The average Bonchev–Trinajstić information content (AvgIpc) is 2.32. The highest BCUT2D eigenvalue weighted by Gasteiger charge is 2.11. The van der Waals surface area contributed by atoms with Crippen molar-refractivity contribution in [3.05, 3.63) is 57.3 Å². The molecule has 0 aromatic heterocycles. The molecule has 0 amide bonds. The molecule has 6 heteroatoms. The van der Waals surface area contributed by atoms with E-state index in [1.165, 1.54) is 18.2 Å². The second kappa shape index (κ2) is 5.86. The molecule has 2 N–H and O–H groups in total. The van der Waals surface area contributed by atoms with E-state index in [4.69, 9.17) is 34.3 Å². The Bertz CT molecular complexity index is 651. The highest BCUT2D eigenvalue weighted by atomic mass is 79.9. The molecule has 0 saturated carbocycles. The predicted molar refractivity (Wildman–Crippen MR) is 81.5 cm³/mol. The van der Waals surface area contributed by atoms with Crippen LogP contribution in [0.2, 0.25) is 5.02 Å². The monoisotopic (exact) mass is 359 g/mol. The van der Waals surface area contributed by atoms with Crippen LogP contribution in [0.3, 0.4) is 0 Å².